The molecule has 0 aliphatic carbocycles. The molecule has 0 saturated carbocycles. The molecule has 0 N–H and O–H groups in total. The number of nitro groups is 1. The van der Waals surface area contributed by atoms with Crippen molar-refractivity contribution in [1.29, 1.82) is 0 Å². The number of ether oxygens (including phenoxy) is 1. The third-order valence-electron chi connectivity index (χ3n) is 5.28. The predicted octanol–water partition coefficient (Wildman–Crippen LogP) is 4.86. The lowest BCUT2D eigenvalue weighted by atomic mass is 10.0. The van der Waals surface area contributed by atoms with Gasteiger partial charge in [0, 0.05) is 35.5 Å². The zero-order valence-corrected chi connectivity index (χ0v) is 20.2. The summed E-state index contributed by atoms with van der Waals surface area (Å²) in [6.07, 6.45) is 3.94. The summed E-state index contributed by atoms with van der Waals surface area (Å²) >= 11 is 3.25. The topological polar surface area (TPSA) is 114 Å². The van der Waals surface area contributed by atoms with Crippen molar-refractivity contribution in [3.8, 4) is 17.1 Å². The quantitative estimate of drug-likeness (QED) is 0.236. The fourth-order valence-electron chi connectivity index (χ4n) is 3.59. The van der Waals surface area contributed by atoms with Gasteiger partial charge in [0.05, 0.1) is 16.7 Å². The maximum Gasteiger partial charge on any atom is 0.406 e. The molecule has 176 valence electrons. The molecule has 0 fully saturated rings. The molecule has 4 rings (SSSR count). The largest absolute Gasteiger partial charge is 0.478 e. The standard InChI is InChI=1S/C22H21BrFN7O3/c1-4-29-10-15(13(2)28-29)11-30-21(26-12-27-30)18-6-5-17(24)8-19(18)14(3)34-20-7-16(23)9-25-22(20)31(32)33/h5-10,12,14H,4,11H2,1-3H3/t14-/m1/s1. The molecular formula is C22H21BrFN7O3. The molecule has 1 aromatic carbocycles. The summed E-state index contributed by atoms with van der Waals surface area (Å²) in [6.45, 7) is 6.79. The minimum Gasteiger partial charge on any atom is -0.478 e. The molecule has 0 aliphatic rings. The van der Waals surface area contributed by atoms with Crippen LogP contribution in [0.1, 0.15) is 36.8 Å². The first-order chi connectivity index (χ1) is 16.3. The van der Waals surface area contributed by atoms with E-state index in [1.165, 1.54) is 30.7 Å². The summed E-state index contributed by atoms with van der Waals surface area (Å²) < 4.78 is 24.2. The highest BCUT2D eigenvalue weighted by Gasteiger charge is 2.24. The lowest BCUT2D eigenvalue weighted by Gasteiger charge is -2.18. The zero-order chi connectivity index (χ0) is 24.4. The van der Waals surface area contributed by atoms with Gasteiger partial charge in [-0.3, -0.25) is 4.68 Å². The molecular weight excluding hydrogens is 509 g/mol. The fraction of sp³-hybridized carbons (Fsp3) is 0.273. The fourth-order valence-corrected chi connectivity index (χ4v) is 3.90. The van der Waals surface area contributed by atoms with E-state index in [2.05, 4.69) is 36.1 Å². The Bertz CT molecular complexity index is 1350. The SMILES string of the molecule is CCn1cc(Cn2ncnc2-c2ccc(F)cc2[C@@H](C)Oc2cc(Br)cnc2[N+](=O)[O-])c(C)n1. The van der Waals surface area contributed by atoms with Gasteiger partial charge in [-0.05, 0) is 64.8 Å². The summed E-state index contributed by atoms with van der Waals surface area (Å²) in [4.78, 5) is 19.0. The van der Waals surface area contributed by atoms with E-state index in [1.54, 1.807) is 17.7 Å². The second-order valence-electron chi connectivity index (χ2n) is 7.56. The predicted molar refractivity (Wildman–Crippen MR) is 125 cm³/mol. The molecule has 34 heavy (non-hydrogen) atoms. The van der Waals surface area contributed by atoms with E-state index in [0.29, 0.717) is 28.0 Å². The van der Waals surface area contributed by atoms with Crippen LogP contribution in [-0.2, 0) is 13.1 Å². The zero-order valence-electron chi connectivity index (χ0n) is 18.6. The van der Waals surface area contributed by atoms with Crippen molar-refractivity contribution in [2.75, 3.05) is 0 Å². The number of hydrogen-bond acceptors (Lipinski definition) is 7. The molecule has 0 radical (unpaired) electrons. The number of halogens is 2. The second kappa shape index (κ2) is 9.67. The minimum atomic E-state index is -0.754. The van der Waals surface area contributed by atoms with Gasteiger partial charge in [0.2, 0.25) is 5.75 Å². The third-order valence-corrected chi connectivity index (χ3v) is 5.71. The summed E-state index contributed by atoms with van der Waals surface area (Å²) in [5.41, 5.74) is 2.92. The van der Waals surface area contributed by atoms with Crippen LogP contribution >= 0.6 is 15.9 Å². The van der Waals surface area contributed by atoms with E-state index in [4.69, 9.17) is 4.74 Å². The molecule has 3 heterocycles. The Morgan fingerprint density at radius 3 is 2.79 bits per heavy atom. The van der Waals surface area contributed by atoms with Gasteiger partial charge >= 0.3 is 5.82 Å². The van der Waals surface area contributed by atoms with Crippen LogP contribution in [0.2, 0.25) is 0 Å². The van der Waals surface area contributed by atoms with Gasteiger partial charge in [0.25, 0.3) is 0 Å². The number of rotatable bonds is 8. The molecule has 0 amide bonds. The number of pyridine rings is 1. The van der Waals surface area contributed by atoms with Crippen molar-refractivity contribution < 1.29 is 14.1 Å². The van der Waals surface area contributed by atoms with E-state index in [-0.39, 0.29) is 5.75 Å². The molecule has 0 bridgehead atoms. The van der Waals surface area contributed by atoms with E-state index in [1.807, 2.05) is 24.7 Å². The van der Waals surface area contributed by atoms with Crippen LogP contribution in [-0.4, -0.2) is 34.5 Å². The van der Waals surface area contributed by atoms with Crippen LogP contribution in [0.15, 0.2) is 47.5 Å². The van der Waals surface area contributed by atoms with Gasteiger partial charge in [-0.25, -0.2) is 14.1 Å². The van der Waals surface area contributed by atoms with Crippen LogP contribution in [0.3, 0.4) is 0 Å². The van der Waals surface area contributed by atoms with E-state index in [9.17, 15) is 14.5 Å². The smallest absolute Gasteiger partial charge is 0.406 e. The Balaban J connectivity index is 1.71. The van der Waals surface area contributed by atoms with Crippen LogP contribution < -0.4 is 4.74 Å². The molecule has 0 unspecified atom stereocenters. The number of nitrogens with zero attached hydrogens (tertiary/aromatic N) is 7. The third kappa shape index (κ3) is 4.81. The molecule has 3 aromatic heterocycles. The molecule has 0 aliphatic heterocycles. The lowest BCUT2D eigenvalue weighted by Crippen LogP contribution is -2.10. The maximum atomic E-state index is 14.3. The van der Waals surface area contributed by atoms with Gasteiger partial charge in [-0.1, -0.05) is 0 Å². The lowest BCUT2D eigenvalue weighted by molar-refractivity contribution is -0.390. The summed E-state index contributed by atoms with van der Waals surface area (Å²) in [6, 6.07) is 5.71. The number of hydrogen-bond donors (Lipinski definition) is 0. The van der Waals surface area contributed by atoms with Crippen LogP contribution in [0.5, 0.6) is 5.75 Å². The highest BCUT2D eigenvalue weighted by molar-refractivity contribution is 9.10. The normalized spacial score (nSPS) is 12.0. The van der Waals surface area contributed by atoms with Crippen LogP contribution in [0.4, 0.5) is 10.2 Å². The summed E-state index contributed by atoms with van der Waals surface area (Å²) in [5, 5.41) is 20.2. The highest BCUT2D eigenvalue weighted by Crippen LogP contribution is 2.35. The van der Waals surface area contributed by atoms with Gasteiger partial charge in [-0.15, -0.1) is 0 Å². The van der Waals surface area contributed by atoms with E-state index in [0.717, 1.165) is 17.8 Å². The van der Waals surface area contributed by atoms with Crippen LogP contribution in [0, 0.1) is 22.9 Å². The average Bonchev–Trinajstić information content (AvgIpc) is 3.40. The molecule has 12 heteroatoms. The Morgan fingerprint density at radius 1 is 1.29 bits per heavy atom. The van der Waals surface area contributed by atoms with Gasteiger partial charge in [0.15, 0.2) is 12.0 Å². The highest BCUT2D eigenvalue weighted by atomic mass is 79.9. The Morgan fingerprint density at radius 2 is 2.09 bits per heavy atom. The molecule has 4 aromatic rings. The van der Waals surface area contributed by atoms with Crippen molar-refractivity contribution >= 4 is 21.7 Å². The van der Waals surface area contributed by atoms with Crippen molar-refractivity contribution in [1.82, 2.24) is 29.5 Å². The van der Waals surface area contributed by atoms with Gasteiger partial charge < -0.3 is 14.9 Å². The Hall–Kier alpha value is -3.67. The van der Waals surface area contributed by atoms with E-state index >= 15 is 0 Å². The Labute approximate surface area is 202 Å². The van der Waals surface area contributed by atoms with Crippen molar-refractivity contribution in [2.45, 2.75) is 40.0 Å². The second-order valence-corrected chi connectivity index (χ2v) is 8.48. The average molecular weight is 530 g/mol. The maximum absolute atomic E-state index is 14.3. The summed E-state index contributed by atoms with van der Waals surface area (Å²) in [5.74, 6) is -0.427. The first-order valence-corrected chi connectivity index (χ1v) is 11.2. The number of aromatic nitrogens is 6. The molecule has 0 saturated heterocycles. The molecule has 1 atom stereocenters. The van der Waals surface area contributed by atoms with Gasteiger partial charge in [-0.2, -0.15) is 10.2 Å². The first-order valence-electron chi connectivity index (χ1n) is 10.4. The minimum absolute atomic E-state index is 0.0360. The Kier molecular flexibility index (Phi) is 6.68. The molecule has 0 spiro atoms. The number of aryl methyl sites for hydroxylation is 2. The number of benzene rings is 1. The van der Waals surface area contributed by atoms with Gasteiger partial charge in [0.1, 0.15) is 18.2 Å². The monoisotopic (exact) mass is 529 g/mol. The van der Waals surface area contributed by atoms with Crippen LogP contribution in [0.25, 0.3) is 11.4 Å². The summed E-state index contributed by atoms with van der Waals surface area (Å²) in [7, 11) is 0. The first kappa shape index (κ1) is 23.5. The van der Waals surface area contributed by atoms with E-state index < -0.39 is 22.7 Å². The van der Waals surface area contributed by atoms with Crippen molar-refractivity contribution in [3.05, 3.63) is 80.2 Å². The van der Waals surface area contributed by atoms with Crippen molar-refractivity contribution in [3.63, 3.8) is 0 Å². The molecule has 10 nitrogen and oxygen atoms in total. The van der Waals surface area contributed by atoms with Crippen molar-refractivity contribution in [2.24, 2.45) is 0 Å².